The van der Waals surface area contributed by atoms with Crippen LogP contribution in [-0.4, -0.2) is 14.8 Å². The van der Waals surface area contributed by atoms with Gasteiger partial charge in [-0.3, -0.25) is 5.10 Å². The lowest BCUT2D eigenvalue weighted by Gasteiger charge is -2.23. The van der Waals surface area contributed by atoms with E-state index in [2.05, 4.69) is 33.0 Å². The first-order valence-corrected chi connectivity index (χ1v) is 7.28. The van der Waals surface area contributed by atoms with Crippen LogP contribution in [-0.2, 0) is 7.05 Å². The summed E-state index contributed by atoms with van der Waals surface area (Å²) in [7, 11) is 1.99. The van der Waals surface area contributed by atoms with Crippen LogP contribution >= 0.6 is 0 Å². The fourth-order valence-electron chi connectivity index (χ4n) is 3.31. The number of aromatic nitrogens is 3. The number of aromatic amines is 1. The number of rotatable bonds is 1. The average molecular weight is 305 g/mol. The molecule has 3 aromatic rings. The highest BCUT2D eigenvalue weighted by molar-refractivity contribution is 5.86. The summed E-state index contributed by atoms with van der Waals surface area (Å²) in [5, 5.41) is 17.8. The van der Waals surface area contributed by atoms with Gasteiger partial charge in [0.15, 0.2) is 0 Å². The molecule has 1 aromatic carbocycles. The molecule has 0 saturated heterocycles. The molecule has 3 N–H and O–H groups in total. The van der Waals surface area contributed by atoms with Crippen molar-refractivity contribution in [2.45, 2.75) is 12.8 Å². The smallest absolute Gasteiger partial charge is 0.244 e. The highest BCUT2D eigenvalue weighted by Crippen LogP contribution is 2.44. The second-order valence-corrected chi connectivity index (χ2v) is 5.70. The molecule has 0 fully saturated rings. The van der Waals surface area contributed by atoms with Gasteiger partial charge < -0.3 is 15.0 Å². The molecule has 6 nitrogen and oxygen atoms in total. The van der Waals surface area contributed by atoms with E-state index in [1.165, 1.54) is 0 Å². The molecule has 3 heterocycles. The fraction of sp³-hybridized carbons (Fsp3) is 0.176. The highest BCUT2D eigenvalue weighted by Gasteiger charge is 2.35. The Kier molecular flexibility index (Phi) is 2.72. The lowest BCUT2D eigenvalue weighted by Crippen LogP contribution is -2.20. The molecule has 1 aliphatic rings. The minimum atomic E-state index is -0.284. The molecule has 2 aromatic heterocycles. The molecule has 114 valence electrons. The van der Waals surface area contributed by atoms with E-state index in [0.29, 0.717) is 11.5 Å². The summed E-state index contributed by atoms with van der Waals surface area (Å²) >= 11 is 0. The third kappa shape index (κ3) is 1.77. The van der Waals surface area contributed by atoms with Crippen LogP contribution in [0.4, 0.5) is 0 Å². The lowest BCUT2D eigenvalue weighted by molar-refractivity contribution is 0.379. The van der Waals surface area contributed by atoms with Crippen LogP contribution in [0.2, 0.25) is 0 Å². The van der Waals surface area contributed by atoms with E-state index >= 15 is 0 Å². The Morgan fingerprint density at radius 3 is 2.96 bits per heavy atom. The number of nitriles is 1. The number of ether oxygens (including phenoxy) is 1. The molecular weight excluding hydrogens is 290 g/mol. The molecule has 0 saturated carbocycles. The van der Waals surface area contributed by atoms with Gasteiger partial charge in [-0.2, -0.15) is 5.26 Å². The van der Waals surface area contributed by atoms with Gasteiger partial charge in [0.1, 0.15) is 11.6 Å². The molecule has 1 atom stereocenters. The predicted molar refractivity (Wildman–Crippen MR) is 85.5 cm³/mol. The molecule has 6 heteroatoms. The quantitative estimate of drug-likeness (QED) is 0.722. The van der Waals surface area contributed by atoms with Gasteiger partial charge in [0.25, 0.3) is 0 Å². The van der Waals surface area contributed by atoms with E-state index in [0.717, 1.165) is 27.7 Å². The van der Waals surface area contributed by atoms with Crippen molar-refractivity contribution in [1.82, 2.24) is 14.8 Å². The normalized spacial score (nSPS) is 17.0. The monoisotopic (exact) mass is 305 g/mol. The van der Waals surface area contributed by atoms with Crippen molar-refractivity contribution in [2.24, 2.45) is 12.8 Å². The van der Waals surface area contributed by atoms with Crippen molar-refractivity contribution >= 4 is 10.9 Å². The molecule has 0 spiro atoms. The minimum absolute atomic E-state index is 0.115. The Morgan fingerprint density at radius 1 is 1.39 bits per heavy atom. The van der Waals surface area contributed by atoms with E-state index in [1.807, 2.05) is 32.3 Å². The number of nitrogens with zero attached hydrogens (tertiary/aromatic N) is 3. The number of benzene rings is 1. The third-order valence-corrected chi connectivity index (χ3v) is 4.37. The Labute approximate surface area is 132 Å². The molecule has 0 aliphatic carbocycles. The van der Waals surface area contributed by atoms with Crippen molar-refractivity contribution in [2.75, 3.05) is 0 Å². The lowest BCUT2D eigenvalue weighted by atomic mass is 9.84. The number of allylic oxidation sites excluding steroid dienone is 1. The fourth-order valence-corrected chi connectivity index (χ4v) is 3.31. The average Bonchev–Trinajstić information content (AvgIpc) is 3.07. The van der Waals surface area contributed by atoms with E-state index in [-0.39, 0.29) is 11.8 Å². The standard InChI is InChI=1S/C17H15N5O/c1-9-14-15(11(7-18)16(19)23-17(14)21-20-9)12-8-22(2)13-6-4-3-5-10(12)13/h3-6,8,15H,19H2,1-2H3,(H,20,21). The van der Waals surface area contributed by atoms with E-state index in [9.17, 15) is 5.26 Å². The Balaban J connectivity index is 2.06. The van der Waals surface area contributed by atoms with Crippen LogP contribution in [0.5, 0.6) is 5.88 Å². The first-order chi connectivity index (χ1) is 11.1. The zero-order valence-corrected chi connectivity index (χ0v) is 12.8. The van der Waals surface area contributed by atoms with Crippen molar-refractivity contribution in [3.05, 3.63) is 58.7 Å². The Bertz CT molecular complexity index is 1000. The van der Waals surface area contributed by atoms with Crippen molar-refractivity contribution in [1.29, 1.82) is 5.26 Å². The van der Waals surface area contributed by atoms with Crippen molar-refractivity contribution < 1.29 is 4.74 Å². The SMILES string of the molecule is Cc1[nH]nc2c1C(c1cn(C)c3ccccc13)C(C#N)=C(N)O2. The summed E-state index contributed by atoms with van der Waals surface area (Å²) in [6.45, 7) is 1.92. The molecule has 23 heavy (non-hydrogen) atoms. The number of nitrogens with one attached hydrogen (secondary N) is 1. The van der Waals surface area contributed by atoms with Crippen LogP contribution in [0.15, 0.2) is 41.9 Å². The van der Waals surface area contributed by atoms with E-state index < -0.39 is 0 Å². The largest absolute Gasteiger partial charge is 0.420 e. The first kappa shape index (κ1) is 13.5. The number of fused-ring (bicyclic) bond motifs is 2. The number of hydrogen-bond donors (Lipinski definition) is 2. The van der Waals surface area contributed by atoms with Gasteiger partial charge in [-0.1, -0.05) is 18.2 Å². The second kappa shape index (κ2) is 4.65. The summed E-state index contributed by atoms with van der Waals surface area (Å²) in [6, 6.07) is 10.3. The zero-order chi connectivity index (χ0) is 16.1. The minimum Gasteiger partial charge on any atom is -0.420 e. The maximum absolute atomic E-state index is 9.62. The van der Waals surface area contributed by atoms with Crippen molar-refractivity contribution in [3.8, 4) is 11.9 Å². The zero-order valence-electron chi connectivity index (χ0n) is 12.8. The van der Waals surface area contributed by atoms with Crippen LogP contribution < -0.4 is 10.5 Å². The molecule has 0 radical (unpaired) electrons. The molecule has 4 rings (SSSR count). The number of para-hydroxylation sites is 1. The maximum Gasteiger partial charge on any atom is 0.244 e. The summed E-state index contributed by atoms with van der Waals surface area (Å²) in [6.07, 6.45) is 2.04. The van der Waals surface area contributed by atoms with Crippen LogP contribution in [0, 0.1) is 18.3 Å². The number of H-pyrrole nitrogens is 1. The van der Waals surface area contributed by atoms with E-state index in [4.69, 9.17) is 10.5 Å². The Hall–Kier alpha value is -3.20. The topological polar surface area (TPSA) is 92.7 Å². The molecule has 0 amide bonds. The molecule has 0 bridgehead atoms. The van der Waals surface area contributed by atoms with Crippen LogP contribution in [0.25, 0.3) is 10.9 Å². The number of hydrogen-bond acceptors (Lipinski definition) is 4. The number of aryl methyl sites for hydroxylation is 2. The maximum atomic E-state index is 9.62. The van der Waals surface area contributed by atoms with Gasteiger partial charge in [0, 0.05) is 35.4 Å². The van der Waals surface area contributed by atoms with E-state index in [1.54, 1.807) is 0 Å². The summed E-state index contributed by atoms with van der Waals surface area (Å²) in [4.78, 5) is 0. The molecular formula is C17H15N5O. The highest BCUT2D eigenvalue weighted by atomic mass is 16.5. The van der Waals surface area contributed by atoms with Crippen LogP contribution in [0.3, 0.4) is 0 Å². The summed E-state index contributed by atoms with van der Waals surface area (Å²) in [5.74, 6) is 0.273. The van der Waals surface area contributed by atoms with Crippen LogP contribution in [0.1, 0.15) is 22.7 Å². The predicted octanol–water partition coefficient (Wildman–Crippen LogP) is 2.43. The molecule has 1 aliphatic heterocycles. The van der Waals surface area contributed by atoms with Gasteiger partial charge >= 0.3 is 0 Å². The Morgan fingerprint density at radius 2 is 2.17 bits per heavy atom. The van der Waals surface area contributed by atoms with Gasteiger partial charge in [-0.25, -0.2) is 0 Å². The van der Waals surface area contributed by atoms with Crippen molar-refractivity contribution in [3.63, 3.8) is 0 Å². The van der Waals surface area contributed by atoms with Gasteiger partial charge in [-0.05, 0) is 18.6 Å². The first-order valence-electron chi connectivity index (χ1n) is 7.28. The molecule has 1 unspecified atom stereocenters. The van der Waals surface area contributed by atoms with Gasteiger partial charge in [0.05, 0.1) is 5.92 Å². The summed E-state index contributed by atoms with van der Waals surface area (Å²) in [5.41, 5.74) is 10.3. The second-order valence-electron chi connectivity index (χ2n) is 5.70. The number of nitrogens with two attached hydrogens (primary N) is 1. The summed E-state index contributed by atoms with van der Waals surface area (Å²) < 4.78 is 7.57. The van der Waals surface area contributed by atoms with Gasteiger partial charge in [-0.15, -0.1) is 5.10 Å². The van der Waals surface area contributed by atoms with Gasteiger partial charge in [0.2, 0.25) is 11.8 Å². The third-order valence-electron chi connectivity index (χ3n) is 4.37.